The Bertz CT molecular complexity index is 1180. The van der Waals surface area contributed by atoms with Crippen molar-refractivity contribution in [3.05, 3.63) is 29.2 Å². The van der Waals surface area contributed by atoms with Gasteiger partial charge in [0.15, 0.2) is 5.69 Å². The van der Waals surface area contributed by atoms with E-state index in [2.05, 4.69) is 34.2 Å². The van der Waals surface area contributed by atoms with Crippen LogP contribution in [0.15, 0.2) is 12.3 Å². The quantitative estimate of drug-likeness (QED) is 0.592. The maximum absolute atomic E-state index is 13.9. The fourth-order valence-electron chi connectivity index (χ4n) is 5.21. The van der Waals surface area contributed by atoms with Gasteiger partial charge in [-0.05, 0) is 44.1 Å². The molecular formula is C26H39N9O3. The largest absolute Gasteiger partial charge is 0.368 e. The van der Waals surface area contributed by atoms with Crippen LogP contribution in [0, 0.1) is 5.92 Å². The number of aryl methyl sites for hydroxylation is 1. The molecule has 4 rings (SSSR count). The molecular weight excluding hydrogens is 486 g/mol. The van der Waals surface area contributed by atoms with Gasteiger partial charge in [-0.25, -0.2) is 4.98 Å². The molecule has 3 heterocycles. The molecule has 1 unspecified atom stereocenters. The maximum atomic E-state index is 13.9. The first kappa shape index (κ1) is 27.3. The number of rotatable bonds is 4. The number of nitrogens with one attached hydrogen (secondary N) is 1. The highest BCUT2D eigenvalue weighted by molar-refractivity contribution is 5.96. The molecule has 0 radical (unpaired) electrons. The van der Waals surface area contributed by atoms with E-state index >= 15 is 0 Å². The Morgan fingerprint density at radius 3 is 2.71 bits per heavy atom. The van der Waals surface area contributed by atoms with Gasteiger partial charge in [-0.3, -0.25) is 19.1 Å². The van der Waals surface area contributed by atoms with E-state index in [1.807, 2.05) is 16.8 Å². The molecule has 1 aliphatic heterocycles. The molecule has 2 aliphatic rings. The monoisotopic (exact) mass is 525 g/mol. The summed E-state index contributed by atoms with van der Waals surface area (Å²) in [7, 11) is 3.46. The average Bonchev–Trinajstić information content (AvgIpc) is 3.20. The Balaban J connectivity index is 1.70. The van der Waals surface area contributed by atoms with Gasteiger partial charge in [0.1, 0.15) is 5.82 Å². The molecule has 0 saturated heterocycles. The summed E-state index contributed by atoms with van der Waals surface area (Å²) in [5.41, 5.74) is 8.10. The van der Waals surface area contributed by atoms with Crippen molar-refractivity contribution in [1.82, 2.24) is 34.9 Å². The van der Waals surface area contributed by atoms with Crippen LogP contribution >= 0.6 is 0 Å². The average molecular weight is 526 g/mol. The van der Waals surface area contributed by atoms with Crippen LogP contribution in [-0.2, 0) is 29.5 Å². The van der Waals surface area contributed by atoms with Gasteiger partial charge in [-0.15, -0.1) is 0 Å². The van der Waals surface area contributed by atoms with Crippen LogP contribution in [-0.4, -0.2) is 93.1 Å². The van der Waals surface area contributed by atoms with E-state index in [4.69, 9.17) is 5.73 Å². The lowest BCUT2D eigenvalue weighted by atomic mass is 9.89. The van der Waals surface area contributed by atoms with Gasteiger partial charge in [0.25, 0.3) is 5.91 Å². The Kier molecular flexibility index (Phi) is 8.48. The van der Waals surface area contributed by atoms with E-state index in [9.17, 15) is 14.4 Å². The number of nitrogens with zero attached hydrogens (tertiary/aromatic N) is 7. The van der Waals surface area contributed by atoms with Crippen LogP contribution in [0.3, 0.4) is 0 Å². The normalized spacial score (nSPS) is 19.8. The lowest BCUT2D eigenvalue weighted by Crippen LogP contribution is -2.49. The number of aromatic nitrogens is 4. The zero-order valence-electron chi connectivity index (χ0n) is 22.8. The molecule has 2 aromatic heterocycles. The van der Waals surface area contributed by atoms with Crippen molar-refractivity contribution >= 4 is 29.5 Å². The smallest absolute Gasteiger partial charge is 0.274 e. The highest BCUT2D eigenvalue weighted by atomic mass is 16.2. The zero-order valence-corrected chi connectivity index (χ0v) is 22.8. The summed E-state index contributed by atoms with van der Waals surface area (Å²) in [6, 6.07) is 1.69. The van der Waals surface area contributed by atoms with Gasteiger partial charge in [-0.2, -0.15) is 10.1 Å². The standard InChI is InChI=1S/C26H39N9O3/c1-17(2)9-13-35-18-6-7-20-19(14-18)24(31-33(20)4)25(38)32(3)15-22(36)28-10-5-12-34(16-23(35)37)21-8-11-29-26(27)30-21/h8,11,17-18H,5-7,9-10,12-16H2,1-4H3,(H,28,36)(H2,27,29,30). The number of anilines is 2. The Hall–Kier alpha value is -3.70. The number of amides is 3. The summed E-state index contributed by atoms with van der Waals surface area (Å²) < 4.78 is 1.77. The minimum absolute atomic E-state index is 0.00120. The molecule has 206 valence electrons. The lowest BCUT2D eigenvalue weighted by Gasteiger charge is -2.37. The number of nitrogens with two attached hydrogens (primary N) is 1. The number of fused-ring (bicyclic) bond motifs is 1. The van der Waals surface area contributed by atoms with Crippen molar-refractivity contribution in [2.75, 3.05) is 50.4 Å². The third kappa shape index (κ3) is 6.22. The molecule has 0 saturated carbocycles. The topological polar surface area (TPSA) is 143 Å². The van der Waals surface area contributed by atoms with E-state index < -0.39 is 0 Å². The first-order valence-electron chi connectivity index (χ1n) is 13.3. The van der Waals surface area contributed by atoms with Crippen LogP contribution in [0.2, 0.25) is 0 Å². The predicted octanol–water partition coefficient (Wildman–Crippen LogP) is 0.623. The Morgan fingerprint density at radius 2 is 1.97 bits per heavy atom. The van der Waals surface area contributed by atoms with Crippen LogP contribution in [0.4, 0.5) is 11.8 Å². The first-order valence-corrected chi connectivity index (χ1v) is 13.3. The van der Waals surface area contributed by atoms with Gasteiger partial charge in [0.2, 0.25) is 17.8 Å². The van der Waals surface area contributed by atoms with Gasteiger partial charge in [0, 0.05) is 57.2 Å². The first-order chi connectivity index (χ1) is 18.1. The van der Waals surface area contributed by atoms with Crippen LogP contribution in [0.5, 0.6) is 0 Å². The molecule has 0 aromatic carbocycles. The van der Waals surface area contributed by atoms with Gasteiger partial charge in [0.05, 0.1) is 13.1 Å². The summed E-state index contributed by atoms with van der Waals surface area (Å²) >= 11 is 0. The van der Waals surface area contributed by atoms with Crippen LogP contribution < -0.4 is 16.0 Å². The molecule has 12 nitrogen and oxygen atoms in total. The third-order valence-electron chi connectivity index (χ3n) is 7.30. The van der Waals surface area contributed by atoms with Crippen molar-refractivity contribution in [1.29, 1.82) is 0 Å². The molecule has 2 aromatic rings. The van der Waals surface area contributed by atoms with E-state index in [1.165, 1.54) is 4.90 Å². The maximum Gasteiger partial charge on any atom is 0.274 e. The molecule has 1 aliphatic carbocycles. The van der Waals surface area contributed by atoms with Crippen molar-refractivity contribution in [2.45, 2.75) is 52.0 Å². The molecule has 12 heteroatoms. The Labute approximate surface area is 223 Å². The second-order valence-electron chi connectivity index (χ2n) is 10.6. The SMILES string of the molecule is CC(C)CCN1C(=O)CN(c2ccnc(N)n2)CCCNC(=O)CN(C)C(=O)c2nn(C)c3c2CC1CC3. The number of nitrogen functional groups attached to an aromatic ring is 1. The second-order valence-corrected chi connectivity index (χ2v) is 10.6. The highest BCUT2D eigenvalue weighted by Crippen LogP contribution is 2.29. The van der Waals surface area contributed by atoms with Gasteiger partial charge >= 0.3 is 0 Å². The highest BCUT2D eigenvalue weighted by Gasteiger charge is 2.34. The third-order valence-corrected chi connectivity index (χ3v) is 7.30. The molecule has 38 heavy (non-hydrogen) atoms. The summed E-state index contributed by atoms with van der Waals surface area (Å²) in [5, 5.41) is 7.42. The number of likely N-dealkylation sites (N-methyl/N-ethyl adjacent to an activating group) is 1. The molecule has 2 bridgehead atoms. The Morgan fingerprint density at radius 1 is 1.18 bits per heavy atom. The fourth-order valence-corrected chi connectivity index (χ4v) is 5.21. The van der Waals surface area contributed by atoms with E-state index in [0.717, 1.165) is 30.5 Å². The number of carbonyl (C=O) groups is 3. The van der Waals surface area contributed by atoms with E-state index in [0.29, 0.717) is 49.9 Å². The van der Waals surface area contributed by atoms with E-state index in [-0.39, 0.29) is 42.8 Å². The van der Waals surface area contributed by atoms with Crippen LogP contribution in [0.1, 0.15) is 54.9 Å². The summed E-state index contributed by atoms with van der Waals surface area (Å²) in [4.78, 5) is 53.4. The van der Waals surface area contributed by atoms with Crippen molar-refractivity contribution in [3.63, 3.8) is 0 Å². The van der Waals surface area contributed by atoms with Gasteiger partial charge < -0.3 is 25.8 Å². The minimum Gasteiger partial charge on any atom is -0.368 e. The van der Waals surface area contributed by atoms with E-state index in [1.54, 1.807) is 24.0 Å². The zero-order chi connectivity index (χ0) is 27.4. The molecule has 0 fully saturated rings. The fraction of sp³-hybridized carbons (Fsp3) is 0.615. The lowest BCUT2D eigenvalue weighted by molar-refractivity contribution is -0.132. The summed E-state index contributed by atoms with van der Waals surface area (Å²) in [6.07, 6.45) is 5.11. The summed E-state index contributed by atoms with van der Waals surface area (Å²) in [6.45, 7) is 5.90. The summed E-state index contributed by atoms with van der Waals surface area (Å²) in [5.74, 6) is 0.632. The number of hydrogen-bond acceptors (Lipinski definition) is 8. The molecule has 3 N–H and O–H groups in total. The minimum atomic E-state index is -0.280. The van der Waals surface area contributed by atoms with Crippen molar-refractivity contribution in [3.8, 4) is 0 Å². The number of carbonyl (C=O) groups excluding carboxylic acids is 3. The molecule has 0 spiro atoms. The van der Waals surface area contributed by atoms with Crippen molar-refractivity contribution in [2.24, 2.45) is 13.0 Å². The molecule has 3 amide bonds. The van der Waals surface area contributed by atoms with Crippen molar-refractivity contribution < 1.29 is 14.4 Å². The predicted molar refractivity (Wildman–Crippen MR) is 143 cm³/mol. The molecule has 1 atom stereocenters. The number of hydrogen-bond donors (Lipinski definition) is 2. The second kappa shape index (κ2) is 11.8. The van der Waals surface area contributed by atoms with Crippen LogP contribution in [0.25, 0.3) is 0 Å². The van der Waals surface area contributed by atoms with Gasteiger partial charge in [-0.1, -0.05) is 13.8 Å².